The molecular formula is C9H11N5O. The quantitative estimate of drug-likeness (QED) is 0.698. The van der Waals surface area contributed by atoms with Crippen molar-refractivity contribution >= 4 is 11.2 Å². The number of ether oxygens (including phenoxy) is 1. The van der Waals surface area contributed by atoms with E-state index in [1.54, 1.807) is 12.7 Å². The highest BCUT2D eigenvalue weighted by atomic mass is 16.5. The van der Waals surface area contributed by atoms with Crippen LogP contribution < -0.4 is 5.49 Å². The highest BCUT2D eigenvalue weighted by Gasteiger charge is 2.18. The van der Waals surface area contributed by atoms with Crippen molar-refractivity contribution in [1.82, 2.24) is 19.5 Å². The van der Waals surface area contributed by atoms with Gasteiger partial charge in [-0.05, 0) is 6.42 Å². The number of rotatable bonds is 1. The van der Waals surface area contributed by atoms with Crippen LogP contribution in [0.1, 0.15) is 12.5 Å². The van der Waals surface area contributed by atoms with E-state index in [2.05, 4.69) is 15.0 Å². The summed E-state index contributed by atoms with van der Waals surface area (Å²) in [5, 5.41) is 8.02. The molecular weight excluding hydrogens is 194 g/mol. The van der Waals surface area contributed by atoms with Crippen LogP contribution in [0.25, 0.3) is 11.2 Å². The summed E-state index contributed by atoms with van der Waals surface area (Å²) in [4.78, 5) is 11.1. The lowest BCUT2D eigenvalue weighted by Gasteiger charge is -2.11. The van der Waals surface area contributed by atoms with E-state index in [1.165, 1.54) is 0 Å². The molecule has 0 saturated carbocycles. The molecule has 3 rings (SSSR count). The first-order chi connectivity index (χ1) is 7.36. The number of nitrogens with one attached hydrogen (secondary N) is 2. The zero-order chi connectivity index (χ0) is 10.3. The normalized spacial score (nSPS) is 21.2. The molecule has 2 N–H and O–H groups in total. The lowest BCUT2D eigenvalue weighted by Crippen LogP contribution is -2.25. The molecule has 0 aromatic carbocycles. The van der Waals surface area contributed by atoms with Gasteiger partial charge < -0.3 is 14.3 Å². The molecule has 1 unspecified atom stereocenters. The van der Waals surface area contributed by atoms with E-state index >= 15 is 0 Å². The van der Waals surface area contributed by atoms with E-state index < -0.39 is 0 Å². The number of hydrogen-bond donors (Lipinski definition) is 2. The lowest BCUT2D eigenvalue weighted by molar-refractivity contribution is 0.185. The Hall–Kier alpha value is -1.69. The fraction of sp³-hybridized carbons (Fsp3) is 0.444. The fourth-order valence-electron chi connectivity index (χ4n) is 1.88. The molecule has 0 spiro atoms. The summed E-state index contributed by atoms with van der Waals surface area (Å²) in [6, 6.07) is 0.234. The molecule has 6 heteroatoms. The van der Waals surface area contributed by atoms with Crippen molar-refractivity contribution in [2.45, 2.75) is 12.5 Å². The molecule has 0 radical (unpaired) electrons. The molecule has 15 heavy (non-hydrogen) atoms. The van der Waals surface area contributed by atoms with Gasteiger partial charge in [0.25, 0.3) is 0 Å². The lowest BCUT2D eigenvalue weighted by atomic mass is 10.2. The first-order valence-corrected chi connectivity index (χ1v) is 4.89. The first-order valence-electron chi connectivity index (χ1n) is 4.89. The van der Waals surface area contributed by atoms with Gasteiger partial charge in [-0.25, -0.2) is 9.97 Å². The van der Waals surface area contributed by atoms with Crippen LogP contribution in [0.3, 0.4) is 0 Å². The highest BCUT2D eigenvalue weighted by Crippen LogP contribution is 2.16. The molecule has 0 amide bonds. The third-order valence-electron chi connectivity index (χ3n) is 2.72. The smallest absolute Gasteiger partial charge is 0.182 e. The van der Waals surface area contributed by atoms with Crippen LogP contribution in [0.2, 0.25) is 0 Å². The number of fused-ring (bicyclic) bond motifs is 1. The van der Waals surface area contributed by atoms with Gasteiger partial charge in [-0.2, -0.15) is 0 Å². The number of H-pyrrole nitrogens is 1. The molecule has 0 aliphatic carbocycles. The summed E-state index contributed by atoms with van der Waals surface area (Å²) in [5.74, 6) is 0. The minimum absolute atomic E-state index is 0.234. The topological polar surface area (TPSA) is 79.6 Å². The number of imidazole rings is 1. The Bertz CT molecular complexity index is 537. The van der Waals surface area contributed by atoms with Gasteiger partial charge >= 0.3 is 0 Å². The molecule has 78 valence electrons. The predicted molar refractivity (Wildman–Crippen MR) is 52.2 cm³/mol. The summed E-state index contributed by atoms with van der Waals surface area (Å²) in [5.41, 5.74) is 1.70. The Labute approximate surface area is 85.4 Å². The van der Waals surface area contributed by atoms with Crippen molar-refractivity contribution < 1.29 is 4.74 Å². The summed E-state index contributed by atoms with van der Waals surface area (Å²) in [6.45, 7) is 1.43. The Morgan fingerprint density at radius 3 is 3.27 bits per heavy atom. The summed E-state index contributed by atoms with van der Waals surface area (Å²) < 4.78 is 7.14. The summed E-state index contributed by atoms with van der Waals surface area (Å²) >= 11 is 0. The van der Waals surface area contributed by atoms with Crippen LogP contribution in [0, 0.1) is 5.41 Å². The van der Waals surface area contributed by atoms with E-state index in [9.17, 15) is 0 Å². The van der Waals surface area contributed by atoms with Gasteiger partial charge in [-0.15, -0.1) is 0 Å². The average Bonchev–Trinajstić information content (AvgIpc) is 2.87. The van der Waals surface area contributed by atoms with E-state index in [0.29, 0.717) is 23.3 Å². The maximum absolute atomic E-state index is 8.02. The third kappa shape index (κ3) is 1.25. The van der Waals surface area contributed by atoms with Crippen LogP contribution in [0.4, 0.5) is 0 Å². The van der Waals surface area contributed by atoms with Gasteiger partial charge in [-0.3, -0.25) is 5.41 Å². The van der Waals surface area contributed by atoms with Crippen LogP contribution in [-0.2, 0) is 4.74 Å². The summed E-state index contributed by atoms with van der Waals surface area (Å²) in [6.07, 6.45) is 4.17. The van der Waals surface area contributed by atoms with Gasteiger partial charge in [0.05, 0.1) is 25.3 Å². The van der Waals surface area contributed by atoms with E-state index in [-0.39, 0.29) is 6.04 Å². The molecule has 1 aliphatic rings. The highest BCUT2D eigenvalue weighted by molar-refractivity contribution is 5.67. The van der Waals surface area contributed by atoms with Gasteiger partial charge in [0, 0.05) is 6.61 Å². The monoisotopic (exact) mass is 205 g/mol. The largest absolute Gasteiger partial charge is 0.379 e. The van der Waals surface area contributed by atoms with Crippen molar-refractivity contribution in [2.24, 2.45) is 0 Å². The van der Waals surface area contributed by atoms with E-state index in [1.807, 2.05) is 4.57 Å². The third-order valence-corrected chi connectivity index (χ3v) is 2.72. The minimum atomic E-state index is 0.234. The molecule has 0 bridgehead atoms. The molecule has 2 aromatic rings. The number of aromatic nitrogens is 4. The van der Waals surface area contributed by atoms with Gasteiger partial charge in [0.15, 0.2) is 11.1 Å². The second kappa shape index (κ2) is 3.16. The Morgan fingerprint density at radius 1 is 1.53 bits per heavy atom. The molecule has 1 fully saturated rings. The zero-order valence-electron chi connectivity index (χ0n) is 8.10. The molecule has 1 saturated heterocycles. The Kier molecular flexibility index (Phi) is 1.81. The minimum Gasteiger partial charge on any atom is -0.379 e. The van der Waals surface area contributed by atoms with Crippen LogP contribution in [-0.4, -0.2) is 32.7 Å². The molecule has 2 aromatic heterocycles. The van der Waals surface area contributed by atoms with Crippen molar-refractivity contribution in [3.05, 3.63) is 18.1 Å². The van der Waals surface area contributed by atoms with Crippen LogP contribution in [0.5, 0.6) is 0 Å². The van der Waals surface area contributed by atoms with Gasteiger partial charge in [0.2, 0.25) is 0 Å². The number of aromatic amines is 1. The molecule has 6 nitrogen and oxygen atoms in total. The predicted octanol–water partition coefficient (Wildman–Crippen LogP) is 0.200. The Morgan fingerprint density at radius 2 is 2.47 bits per heavy atom. The van der Waals surface area contributed by atoms with Crippen molar-refractivity contribution in [3.8, 4) is 0 Å². The second-order valence-corrected chi connectivity index (χ2v) is 3.62. The average molecular weight is 205 g/mol. The van der Waals surface area contributed by atoms with Crippen LogP contribution in [0.15, 0.2) is 12.7 Å². The number of hydrogen-bond acceptors (Lipinski definition) is 4. The molecule has 1 aliphatic heterocycles. The second-order valence-electron chi connectivity index (χ2n) is 3.62. The molecule has 3 heterocycles. The Balaban J connectivity index is 2.18. The number of nitrogens with zero attached hydrogens (tertiary/aromatic N) is 3. The van der Waals surface area contributed by atoms with Gasteiger partial charge in [0.1, 0.15) is 5.52 Å². The SMILES string of the molecule is N=c1c2[nH]cnc2ncn1C1CCOC1. The maximum atomic E-state index is 8.02. The van der Waals surface area contributed by atoms with Gasteiger partial charge in [-0.1, -0.05) is 0 Å². The van der Waals surface area contributed by atoms with E-state index in [0.717, 1.165) is 13.0 Å². The maximum Gasteiger partial charge on any atom is 0.182 e. The van der Waals surface area contributed by atoms with E-state index in [4.69, 9.17) is 10.1 Å². The van der Waals surface area contributed by atoms with Crippen molar-refractivity contribution in [3.63, 3.8) is 0 Å². The van der Waals surface area contributed by atoms with Crippen molar-refractivity contribution in [1.29, 1.82) is 5.41 Å². The molecule has 1 atom stereocenters. The fourth-order valence-corrected chi connectivity index (χ4v) is 1.88. The first kappa shape index (κ1) is 8.60. The van der Waals surface area contributed by atoms with Crippen molar-refractivity contribution in [2.75, 3.05) is 13.2 Å². The standard InChI is InChI=1S/C9H11N5O/c10-8-7-9(12-4-11-7)13-5-14(8)6-1-2-15-3-6/h4-6,10H,1-3H2,(H,11,12). The van der Waals surface area contributed by atoms with Crippen LogP contribution >= 0.6 is 0 Å². The zero-order valence-corrected chi connectivity index (χ0v) is 8.10. The summed E-state index contributed by atoms with van der Waals surface area (Å²) in [7, 11) is 0.